The molecule has 18 heavy (non-hydrogen) atoms. The van der Waals surface area contributed by atoms with E-state index < -0.39 is 0 Å². The Labute approximate surface area is 105 Å². The number of anilines is 2. The molecule has 3 rings (SSSR count). The van der Waals surface area contributed by atoms with Crippen molar-refractivity contribution in [3.8, 4) is 5.75 Å². The summed E-state index contributed by atoms with van der Waals surface area (Å²) in [7, 11) is 0. The molecule has 0 amide bonds. The van der Waals surface area contributed by atoms with Gasteiger partial charge in [-0.2, -0.15) is 0 Å². The summed E-state index contributed by atoms with van der Waals surface area (Å²) in [5.74, 6) is 0.351. The first kappa shape index (κ1) is 10.8. The number of rotatable bonds is 1. The van der Waals surface area contributed by atoms with Crippen LogP contribution in [0.15, 0.2) is 42.5 Å². The molecule has 1 heterocycles. The number of nitrogens with one attached hydrogen (secondary N) is 1. The molecular weight excluding hydrogens is 226 g/mol. The molecular formula is C15H13NO2. The standard InChI is InChI=1S/C15H13NO2/c1-10(17)18-15-8-4-7-14-12(15)9-11-5-2-3-6-13(11)16-14/h2-8,16H,9H2,1H3. The molecule has 90 valence electrons. The van der Waals surface area contributed by atoms with Crippen LogP contribution < -0.4 is 10.1 Å². The van der Waals surface area contributed by atoms with Gasteiger partial charge in [-0.3, -0.25) is 4.79 Å². The molecule has 0 unspecified atom stereocenters. The summed E-state index contributed by atoms with van der Waals surface area (Å²) in [6.45, 7) is 1.42. The number of carbonyl (C=O) groups is 1. The van der Waals surface area contributed by atoms with Crippen molar-refractivity contribution in [3.63, 3.8) is 0 Å². The van der Waals surface area contributed by atoms with Gasteiger partial charge in [-0.1, -0.05) is 24.3 Å². The van der Waals surface area contributed by atoms with Gasteiger partial charge in [0.05, 0.1) is 0 Å². The second-order valence-electron chi connectivity index (χ2n) is 4.33. The van der Waals surface area contributed by atoms with Crippen LogP contribution in [0, 0.1) is 0 Å². The van der Waals surface area contributed by atoms with Crippen LogP contribution in [0.1, 0.15) is 18.1 Å². The van der Waals surface area contributed by atoms with Crippen molar-refractivity contribution in [2.75, 3.05) is 5.32 Å². The lowest BCUT2D eigenvalue weighted by molar-refractivity contribution is -0.131. The van der Waals surface area contributed by atoms with Crippen molar-refractivity contribution in [3.05, 3.63) is 53.6 Å². The van der Waals surface area contributed by atoms with Crippen molar-refractivity contribution in [2.45, 2.75) is 13.3 Å². The van der Waals surface area contributed by atoms with Crippen LogP contribution >= 0.6 is 0 Å². The Hall–Kier alpha value is -2.29. The number of esters is 1. The molecule has 1 aliphatic rings. The number of benzene rings is 2. The SMILES string of the molecule is CC(=O)Oc1cccc2c1Cc1ccccc1N2. The Morgan fingerprint density at radius 1 is 1.11 bits per heavy atom. The molecule has 0 bridgehead atoms. The molecule has 0 aliphatic carbocycles. The van der Waals surface area contributed by atoms with Gasteiger partial charge in [0, 0.05) is 30.3 Å². The Balaban J connectivity index is 2.04. The van der Waals surface area contributed by atoms with Crippen molar-refractivity contribution >= 4 is 17.3 Å². The third-order valence-corrected chi connectivity index (χ3v) is 3.04. The molecule has 1 aliphatic heterocycles. The molecule has 0 atom stereocenters. The Kier molecular flexibility index (Phi) is 2.52. The van der Waals surface area contributed by atoms with Crippen LogP contribution in [0.3, 0.4) is 0 Å². The molecule has 3 heteroatoms. The number of para-hydroxylation sites is 1. The van der Waals surface area contributed by atoms with Crippen LogP contribution in [0.2, 0.25) is 0 Å². The number of fused-ring (bicyclic) bond motifs is 2. The second-order valence-corrected chi connectivity index (χ2v) is 4.33. The monoisotopic (exact) mass is 239 g/mol. The largest absolute Gasteiger partial charge is 0.426 e. The summed E-state index contributed by atoms with van der Waals surface area (Å²) in [6.07, 6.45) is 0.780. The molecule has 0 aromatic heterocycles. The number of hydrogen-bond donors (Lipinski definition) is 1. The average Bonchev–Trinajstić information content (AvgIpc) is 2.36. The van der Waals surface area contributed by atoms with Gasteiger partial charge in [0.25, 0.3) is 0 Å². The van der Waals surface area contributed by atoms with Crippen molar-refractivity contribution in [1.82, 2.24) is 0 Å². The molecule has 0 saturated carbocycles. The molecule has 0 radical (unpaired) electrons. The predicted octanol–water partition coefficient (Wildman–Crippen LogP) is 3.26. The van der Waals surface area contributed by atoms with Gasteiger partial charge >= 0.3 is 5.97 Å². The van der Waals surface area contributed by atoms with E-state index in [-0.39, 0.29) is 5.97 Å². The molecule has 2 aromatic rings. The van der Waals surface area contributed by atoms with E-state index in [1.807, 2.05) is 30.3 Å². The predicted molar refractivity (Wildman–Crippen MR) is 70.3 cm³/mol. The van der Waals surface area contributed by atoms with E-state index in [4.69, 9.17) is 4.74 Å². The fraction of sp³-hybridized carbons (Fsp3) is 0.133. The lowest BCUT2D eigenvalue weighted by Gasteiger charge is -2.22. The van der Waals surface area contributed by atoms with E-state index in [0.29, 0.717) is 5.75 Å². The van der Waals surface area contributed by atoms with Gasteiger partial charge in [0.15, 0.2) is 0 Å². The molecule has 0 spiro atoms. The fourth-order valence-corrected chi connectivity index (χ4v) is 2.25. The molecule has 0 fully saturated rings. The Morgan fingerprint density at radius 3 is 2.72 bits per heavy atom. The minimum atomic E-state index is -0.290. The zero-order valence-electron chi connectivity index (χ0n) is 10.1. The van der Waals surface area contributed by atoms with Gasteiger partial charge in [-0.25, -0.2) is 0 Å². The van der Waals surface area contributed by atoms with E-state index in [1.54, 1.807) is 0 Å². The van der Waals surface area contributed by atoms with E-state index in [2.05, 4.69) is 17.4 Å². The maximum atomic E-state index is 11.1. The highest BCUT2D eigenvalue weighted by atomic mass is 16.5. The summed E-state index contributed by atoms with van der Waals surface area (Å²) in [5, 5.41) is 3.36. The summed E-state index contributed by atoms with van der Waals surface area (Å²) < 4.78 is 5.25. The van der Waals surface area contributed by atoms with Gasteiger partial charge in [0.2, 0.25) is 0 Å². The zero-order valence-corrected chi connectivity index (χ0v) is 10.1. The van der Waals surface area contributed by atoms with Gasteiger partial charge < -0.3 is 10.1 Å². The van der Waals surface area contributed by atoms with Gasteiger partial charge in [0.1, 0.15) is 5.75 Å². The van der Waals surface area contributed by atoms with E-state index >= 15 is 0 Å². The number of carbonyl (C=O) groups excluding carboxylic acids is 1. The number of ether oxygens (including phenoxy) is 1. The highest BCUT2D eigenvalue weighted by molar-refractivity contribution is 5.76. The van der Waals surface area contributed by atoms with E-state index in [1.165, 1.54) is 12.5 Å². The Morgan fingerprint density at radius 2 is 1.89 bits per heavy atom. The van der Waals surface area contributed by atoms with E-state index in [0.717, 1.165) is 23.4 Å². The summed E-state index contributed by atoms with van der Waals surface area (Å²) in [4.78, 5) is 11.1. The summed E-state index contributed by atoms with van der Waals surface area (Å²) >= 11 is 0. The van der Waals surface area contributed by atoms with Crippen LogP contribution in [-0.2, 0) is 11.2 Å². The van der Waals surface area contributed by atoms with Crippen LogP contribution in [0.4, 0.5) is 11.4 Å². The van der Waals surface area contributed by atoms with Crippen molar-refractivity contribution in [2.24, 2.45) is 0 Å². The van der Waals surface area contributed by atoms with Gasteiger partial charge in [-0.05, 0) is 23.8 Å². The van der Waals surface area contributed by atoms with Crippen LogP contribution in [-0.4, -0.2) is 5.97 Å². The van der Waals surface area contributed by atoms with E-state index in [9.17, 15) is 4.79 Å². The second kappa shape index (κ2) is 4.18. The first-order valence-corrected chi connectivity index (χ1v) is 5.89. The first-order valence-electron chi connectivity index (χ1n) is 5.89. The molecule has 3 nitrogen and oxygen atoms in total. The van der Waals surface area contributed by atoms with Gasteiger partial charge in [-0.15, -0.1) is 0 Å². The molecule has 1 N–H and O–H groups in total. The quantitative estimate of drug-likeness (QED) is 0.523. The molecule has 2 aromatic carbocycles. The first-order chi connectivity index (χ1) is 8.74. The highest BCUT2D eigenvalue weighted by Crippen LogP contribution is 2.37. The molecule has 0 saturated heterocycles. The Bertz CT molecular complexity index is 620. The normalized spacial score (nSPS) is 12.1. The summed E-state index contributed by atoms with van der Waals surface area (Å²) in [6, 6.07) is 13.9. The van der Waals surface area contributed by atoms with Crippen LogP contribution in [0.25, 0.3) is 0 Å². The number of hydrogen-bond acceptors (Lipinski definition) is 3. The zero-order chi connectivity index (χ0) is 12.5. The third kappa shape index (κ3) is 1.84. The third-order valence-electron chi connectivity index (χ3n) is 3.04. The van der Waals surface area contributed by atoms with Crippen molar-refractivity contribution in [1.29, 1.82) is 0 Å². The minimum absolute atomic E-state index is 0.290. The van der Waals surface area contributed by atoms with Crippen LogP contribution in [0.5, 0.6) is 5.75 Å². The summed E-state index contributed by atoms with van der Waals surface area (Å²) in [5.41, 5.74) is 4.37. The minimum Gasteiger partial charge on any atom is -0.426 e. The lowest BCUT2D eigenvalue weighted by atomic mass is 9.96. The fourth-order valence-electron chi connectivity index (χ4n) is 2.25. The lowest BCUT2D eigenvalue weighted by Crippen LogP contribution is -2.10. The smallest absolute Gasteiger partial charge is 0.308 e. The average molecular weight is 239 g/mol. The highest BCUT2D eigenvalue weighted by Gasteiger charge is 2.18. The maximum absolute atomic E-state index is 11.1. The topological polar surface area (TPSA) is 38.3 Å². The maximum Gasteiger partial charge on any atom is 0.308 e. The van der Waals surface area contributed by atoms with Crippen molar-refractivity contribution < 1.29 is 9.53 Å².